The number of guanidine groups is 1. The lowest BCUT2D eigenvalue weighted by molar-refractivity contribution is 0.328. The normalized spacial score (nSPS) is 15.7. The molecule has 1 aliphatic rings. The molecular formula is C15H34Cl2N4. The fourth-order valence-corrected chi connectivity index (χ4v) is 2.34. The zero-order chi connectivity index (χ0) is 13.9. The molecule has 0 radical (unpaired) electrons. The molecule has 6 heteroatoms. The van der Waals surface area contributed by atoms with Crippen molar-refractivity contribution in [2.75, 3.05) is 32.7 Å². The van der Waals surface area contributed by atoms with Gasteiger partial charge in [0.15, 0.2) is 5.96 Å². The van der Waals surface area contributed by atoms with Crippen LogP contribution in [-0.2, 0) is 0 Å². The lowest BCUT2D eigenvalue weighted by Crippen LogP contribution is -2.38. The predicted molar refractivity (Wildman–Crippen MR) is 97.2 cm³/mol. The Morgan fingerprint density at radius 2 is 1.76 bits per heavy atom. The van der Waals surface area contributed by atoms with Crippen LogP contribution in [0, 0.1) is 11.3 Å². The van der Waals surface area contributed by atoms with Gasteiger partial charge in [0.2, 0.25) is 0 Å². The van der Waals surface area contributed by atoms with Crippen molar-refractivity contribution in [3.8, 4) is 0 Å². The van der Waals surface area contributed by atoms with Crippen molar-refractivity contribution in [1.29, 1.82) is 5.41 Å². The second-order valence-electron chi connectivity index (χ2n) is 5.81. The lowest BCUT2D eigenvalue weighted by atomic mass is 10.1. The third-order valence-corrected chi connectivity index (χ3v) is 3.98. The molecular weight excluding hydrogens is 307 g/mol. The first-order valence-electron chi connectivity index (χ1n) is 8.01. The molecule has 0 aromatic rings. The summed E-state index contributed by atoms with van der Waals surface area (Å²) in [5, 5.41) is 14.0. The number of hydrogen-bond acceptors (Lipinski definition) is 2. The van der Waals surface area contributed by atoms with Crippen molar-refractivity contribution < 1.29 is 0 Å². The van der Waals surface area contributed by atoms with E-state index >= 15 is 0 Å². The van der Waals surface area contributed by atoms with Gasteiger partial charge in [0, 0.05) is 13.1 Å². The number of likely N-dealkylation sites (tertiary alicyclic amines) is 1. The maximum atomic E-state index is 7.74. The molecule has 1 rings (SSSR count). The number of nitrogens with zero attached hydrogens (tertiary/aromatic N) is 1. The number of unbranched alkanes of at least 4 members (excludes halogenated alkanes) is 2. The molecule has 0 aliphatic carbocycles. The standard InChI is InChI=1S/C15H32N4.2ClH/c1-3-14(2)13-18-15(16)17-9-5-4-6-10-19-11-7-8-12-19;;/h14H,3-13H2,1-2H3,(H3,16,17,18);2*1H. The molecule has 1 aliphatic heterocycles. The van der Waals surface area contributed by atoms with Crippen LogP contribution in [0.25, 0.3) is 0 Å². The van der Waals surface area contributed by atoms with Crippen molar-refractivity contribution in [1.82, 2.24) is 15.5 Å². The van der Waals surface area contributed by atoms with E-state index in [0.29, 0.717) is 11.9 Å². The molecule has 1 saturated heterocycles. The van der Waals surface area contributed by atoms with E-state index in [0.717, 1.165) is 19.5 Å². The van der Waals surface area contributed by atoms with Gasteiger partial charge in [0.25, 0.3) is 0 Å². The van der Waals surface area contributed by atoms with Gasteiger partial charge in [-0.1, -0.05) is 26.7 Å². The topological polar surface area (TPSA) is 51.2 Å². The number of nitrogens with one attached hydrogen (secondary N) is 3. The summed E-state index contributed by atoms with van der Waals surface area (Å²) < 4.78 is 0. The van der Waals surface area contributed by atoms with E-state index in [2.05, 4.69) is 29.4 Å². The van der Waals surface area contributed by atoms with Gasteiger partial charge in [-0.25, -0.2) is 0 Å². The van der Waals surface area contributed by atoms with Gasteiger partial charge in [0.1, 0.15) is 0 Å². The molecule has 0 aromatic carbocycles. The van der Waals surface area contributed by atoms with E-state index in [9.17, 15) is 0 Å². The highest BCUT2D eigenvalue weighted by Crippen LogP contribution is 2.08. The summed E-state index contributed by atoms with van der Waals surface area (Å²) in [7, 11) is 0. The van der Waals surface area contributed by atoms with Crippen LogP contribution in [0.15, 0.2) is 0 Å². The van der Waals surface area contributed by atoms with Crippen LogP contribution >= 0.6 is 24.8 Å². The van der Waals surface area contributed by atoms with Gasteiger partial charge in [-0.05, 0) is 51.2 Å². The first-order valence-corrected chi connectivity index (χ1v) is 8.01. The van der Waals surface area contributed by atoms with Crippen LogP contribution in [0.2, 0.25) is 0 Å². The summed E-state index contributed by atoms with van der Waals surface area (Å²) in [6, 6.07) is 0. The first kappa shape index (κ1) is 23.1. The van der Waals surface area contributed by atoms with E-state index in [4.69, 9.17) is 5.41 Å². The third-order valence-electron chi connectivity index (χ3n) is 3.98. The van der Waals surface area contributed by atoms with Crippen LogP contribution in [0.4, 0.5) is 0 Å². The fourth-order valence-electron chi connectivity index (χ4n) is 2.34. The number of rotatable bonds is 9. The molecule has 0 spiro atoms. The van der Waals surface area contributed by atoms with Crippen molar-refractivity contribution in [3.63, 3.8) is 0 Å². The van der Waals surface area contributed by atoms with Crippen LogP contribution in [0.5, 0.6) is 0 Å². The minimum Gasteiger partial charge on any atom is -0.357 e. The second kappa shape index (κ2) is 14.7. The van der Waals surface area contributed by atoms with Gasteiger partial charge in [-0.2, -0.15) is 0 Å². The summed E-state index contributed by atoms with van der Waals surface area (Å²) in [5.41, 5.74) is 0. The summed E-state index contributed by atoms with van der Waals surface area (Å²) in [6.07, 6.45) is 7.68. The molecule has 21 heavy (non-hydrogen) atoms. The maximum Gasteiger partial charge on any atom is 0.188 e. The third kappa shape index (κ3) is 12.1. The Bertz CT molecular complexity index is 246. The highest BCUT2D eigenvalue weighted by Gasteiger charge is 2.09. The highest BCUT2D eigenvalue weighted by atomic mass is 35.5. The fraction of sp³-hybridized carbons (Fsp3) is 0.933. The molecule has 0 aromatic heterocycles. The van der Waals surface area contributed by atoms with Gasteiger partial charge in [-0.15, -0.1) is 24.8 Å². The smallest absolute Gasteiger partial charge is 0.188 e. The average Bonchev–Trinajstić information content (AvgIpc) is 2.93. The lowest BCUT2D eigenvalue weighted by Gasteiger charge is -2.15. The maximum absolute atomic E-state index is 7.74. The van der Waals surface area contributed by atoms with E-state index in [1.54, 1.807) is 0 Å². The van der Waals surface area contributed by atoms with E-state index < -0.39 is 0 Å². The van der Waals surface area contributed by atoms with Crippen LogP contribution in [0.1, 0.15) is 52.4 Å². The van der Waals surface area contributed by atoms with Gasteiger partial charge >= 0.3 is 0 Å². The summed E-state index contributed by atoms with van der Waals surface area (Å²) in [4.78, 5) is 2.57. The minimum absolute atomic E-state index is 0. The molecule has 1 fully saturated rings. The van der Waals surface area contributed by atoms with Gasteiger partial charge < -0.3 is 15.5 Å². The second-order valence-corrected chi connectivity index (χ2v) is 5.81. The molecule has 0 saturated carbocycles. The Morgan fingerprint density at radius 3 is 2.38 bits per heavy atom. The first-order chi connectivity index (χ1) is 9.22. The van der Waals surface area contributed by atoms with Crippen molar-refractivity contribution >= 4 is 30.8 Å². The number of hydrogen-bond donors (Lipinski definition) is 3. The molecule has 4 nitrogen and oxygen atoms in total. The quantitative estimate of drug-likeness (QED) is 0.343. The molecule has 1 atom stereocenters. The summed E-state index contributed by atoms with van der Waals surface area (Å²) in [5.74, 6) is 1.13. The van der Waals surface area contributed by atoms with E-state index in [1.165, 1.54) is 51.7 Å². The Hall–Kier alpha value is -0.190. The molecule has 128 valence electrons. The molecule has 3 N–H and O–H groups in total. The molecule has 1 unspecified atom stereocenters. The molecule has 0 amide bonds. The van der Waals surface area contributed by atoms with E-state index in [-0.39, 0.29) is 24.8 Å². The van der Waals surface area contributed by atoms with Crippen molar-refractivity contribution in [2.24, 2.45) is 5.92 Å². The predicted octanol–water partition coefficient (Wildman–Crippen LogP) is 3.26. The highest BCUT2D eigenvalue weighted by molar-refractivity contribution is 5.85. The summed E-state index contributed by atoms with van der Waals surface area (Å²) in [6.45, 7) is 10.1. The Kier molecular flexibility index (Phi) is 16.2. The zero-order valence-corrected chi connectivity index (χ0v) is 15.3. The zero-order valence-electron chi connectivity index (χ0n) is 13.6. The minimum atomic E-state index is 0. The van der Waals surface area contributed by atoms with Gasteiger partial charge in [-0.3, -0.25) is 5.41 Å². The SMILES string of the molecule is CCC(C)CNC(=N)NCCCCCN1CCCC1.Cl.Cl. The Balaban J connectivity index is 0. The summed E-state index contributed by atoms with van der Waals surface area (Å²) >= 11 is 0. The van der Waals surface area contributed by atoms with Crippen LogP contribution < -0.4 is 10.6 Å². The largest absolute Gasteiger partial charge is 0.357 e. The van der Waals surface area contributed by atoms with Crippen LogP contribution in [0.3, 0.4) is 0 Å². The Labute approximate surface area is 143 Å². The van der Waals surface area contributed by atoms with Gasteiger partial charge in [0.05, 0.1) is 0 Å². The van der Waals surface area contributed by atoms with E-state index in [1.807, 2.05) is 0 Å². The molecule has 0 bridgehead atoms. The number of halogens is 2. The monoisotopic (exact) mass is 340 g/mol. The van der Waals surface area contributed by atoms with Crippen molar-refractivity contribution in [3.05, 3.63) is 0 Å². The molecule has 1 heterocycles. The van der Waals surface area contributed by atoms with Crippen molar-refractivity contribution in [2.45, 2.75) is 52.4 Å². The average molecular weight is 341 g/mol. The Morgan fingerprint density at radius 1 is 1.10 bits per heavy atom. The van der Waals surface area contributed by atoms with Crippen LogP contribution in [-0.4, -0.2) is 43.6 Å².